The van der Waals surface area contributed by atoms with Crippen LogP contribution in [0, 0.1) is 13.8 Å². The second-order valence-corrected chi connectivity index (χ2v) is 6.33. The lowest BCUT2D eigenvalue weighted by Crippen LogP contribution is -2.17. The number of esters is 1. The van der Waals surface area contributed by atoms with Gasteiger partial charge >= 0.3 is 5.97 Å². The molecule has 0 fully saturated rings. The molecule has 3 rings (SSSR count). The van der Waals surface area contributed by atoms with Crippen molar-refractivity contribution in [2.45, 2.75) is 20.5 Å². The summed E-state index contributed by atoms with van der Waals surface area (Å²) in [6.45, 7) is 4.32. The second-order valence-electron chi connectivity index (χ2n) is 6.33. The van der Waals surface area contributed by atoms with Gasteiger partial charge in [-0.2, -0.15) is 0 Å². The summed E-state index contributed by atoms with van der Waals surface area (Å²) in [4.78, 5) is 12.0. The molecule has 0 saturated carbocycles. The molecule has 0 aliphatic rings. The molecule has 0 heterocycles. The quantitative estimate of drug-likeness (QED) is 0.444. The lowest BCUT2D eigenvalue weighted by Gasteiger charge is -2.09. The van der Waals surface area contributed by atoms with E-state index in [0.29, 0.717) is 23.9 Å². The molecule has 0 radical (unpaired) electrons. The minimum atomic E-state index is -0.452. The monoisotopic (exact) mass is 362 g/mol. The molecule has 0 amide bonds. The molecule has 0 spiro atoms. The van der Waals surface area contributed by atoms with Crippen LogP contribution in [0.15, 0.2) is 72.8 Å². The third-order valence-electron chi connectivity index (χ3n) is 3.86. The van der Waals surface area contributed by atoms with Crippen LogP contribution in [0.5, 0.6) is 17.2 Å². The number of hydrogen-bond donors (Lipinski definition) is 0. The van der Waals surface area contributed by atoms with Gasteiger partial charge in [-0.1, -0.05) is 36.4 Å². The predicted molar refractivity (Wildman–Crippen MR) is 104 cm³/mol. The van der Waals surface area contributed by atoms with Crippen molar-refractivity contribution in [3.05, 3.63) is 89.5 Å². The van der Waals surface area contributed by atoms with Crippen LogP contribution in [-0.4, -0.2) is 12.6 Å². The van der Waals surface area contributed by atoms with E-state index >= 15 is 0 Å². The maximum atomic E-state index is 12.0. The predicted octanol–water partition coefficient (Wildman–Crippen LogP) is 4.87. The van der Waals surface area contributed by atoms with Crippen LogP contribution in [-0.2, 0) is 11.4 Å². The standard InChI is InChI=1S/C23H22O4/c1-17-12-18(2)14-22(13-17)26-16-23(24)27-21-10-8-20(9-11-21)25-15-19-6-4-3-5-7-19/h3-14H,15-16H2,1-2H3. The van der Waals surface area contributed by atoms with Gasteiger partial charge in [-0.15, -0.1) is 0 Å². The largest absolute Gasteiger partial charge is 0.489 e. The Balaban J connectivity index is 1.48. The molecule has 0 aliphatic heterocycles. The Bertz CT molecular complexity index is 866. The van der Waals surface area contributed by atoms with Gasteiger partial charge in [0.2, 0.25) is 0 Å². The van der Waals surface area contributed by atoms with Crippen molar-refractivity contribution < 1.29 is 19.0 Å². The fourth-order valence-electron chi connectivity index (χ4n) is 2.66. The molecule has 4 heteroatoms. The number of carbonyl (C=O) groups excluding carboxylic acids is 1. The van der Waals surface area contributed by atoms with Crippen LogP contribution >= 0.6 is 0 Å². The maximum Gasteiger partial charge on any atom is 0.349 e. The SMILES string of the molecule is Cc1cc(C)cc(OCC(=O)Oc2ccc(OCc3ccccc3)cc2)c1. The highest BCUT2D eigenvalue weighted by Crippen LogP contribution is 2.20. The first kappa shape index (κ1) is 18.5. The van der Waals surface area contributed by atoms with E-state index in [9.17, 15) is 4.79 Å². The van der Waals surface area contributed by atoms with Gasteiger partial charge < -0.3 is 14.2 Å². The van der Waals surface area contributed by atoms with Crippen LogP contribution in [0.2, 0.25) is 0 Å². The molecule has 3 aromatic rings. The fraction of sp³-hybridized carbons (Fsp3) is 0.174. The first-order valence-corrected chi connectivity index (χ1v) is 8.77. The Hall–Kier alpha value is -3.27. The van der Waals surface area contributed by atoms with E-state index in [4.69, 9.17) is 14.2 Å². The summed E-state index contributed by atoms with van der Waals surface area (Å²) >= 11 is 0. The van der Waals surface area contributed by atoms with Crippen molar-refractivity contribution in [3.8, 4) is 17.2 Å². The third-order valence-corrected chi connectivity index (χ3v) is 3.86. The molecule has 3 aromatic carbocycles. The van der Waals surface area contributed by atoms with E-state index in [-0.39, 0.29) is 6.61 Å². The highest BCUT2D eigenvalue weighted by atomic mass is 16.6. The van der Waals surface area contributed by atoms with Crippen molar-refractivity contribution >= 4 is 5.97 Å². The molecule has 0 atom stereocenters. The first-order valence-electron chi connectivity index (χ1n) is 8.77. The highest BCUT2D eigenvalue weighted by Gasteiger charge is 2.07. The lowest BCUT2D eigenvalue weighted by molar-refractivity contribution is -0.136. The van der Waals surface area contributed by atoms with Crippen molar-refractivity contribution in [2.75, 3.05) is 6.61 Å². The molecule has 138 valence electrons. The summed E-state index contributed by atoms with van der Waals surface area (Å²) in [6, 6.07) is 22.7. The van der Waals surface area contributed by atoms with Crippen LogP contribution in [0.1, 0.15) is 16.7 Å². The van der Waals surface area contributed by atoms with Gasteiger partial charge in [0.15, 0.2) is 6.61 Å². The van der Waals surface area contributed by atoms with Gasteiger partial charge in [-0.25, -0.2) is 4.79 Å². The van der Waals surface area contributed by atoms with E-state index in [0.717, 1.165) is 16.7 Å². The molecule has 4 nitrogen and oxygen atoms in total. The van der Waals surface area contributed by atoms with Crippen LogP contribution in [0.3, 0.4) is 0 Å². The van der Waals surface area contributed by atoms with E-state index in [1.165, 1.54) is 0 Å². The number of ether oxygens (including phenoxy) is 3. The Kier molecular flexibility index (Phi) is 6.10. The molecule has 0 bridgehead atoms. The summed E-state index contributed by atoms with van der Waals surface area (Å²) in [5, 5.41) is 0. The van der Waals surface area contributed by atoms with E-state index in [1.807, 2.05) is 62.4 Å². The second kappa shape index (κ2) is 8.90. The zero-order valence-electron chi connectivity index (χ0n) is 15.5. The Morgan fingerprint density at radius 2 is 1.37 bits per heavy atom. The van der Waals surface area contributed by atoms with Gasteiger partial charge in [-0.3, -0.25) is 0 Å². The zero-order valence-corrected chi connectivity index (χ0v) is 15.5. The van der Waals surface area contributed by atoms with Crippen LogP contribution < -0.4 is 14.2 Å². The Morgan fingerprint density at radius 1 is 0.741 bits per heavy atom. The number of benzene rings is 3. The lowest BCUT2D eigenvalue weighted by atomic mass is 10.1. The van der Waals surface area contributed by atoms with Crippen molar-refractivity contribution in [2.24, 2.45) is 0 Å². The Labute approximate surface area is 159 Å². The van der Waals surface area contributed by atoms with Crippen molar-refractivity contribution in [1.29, 1.82) is 0 Å². The number of hydrogen-bond acceptors (Lipinski definition) is 4. The van der Waals surface area contributed by atoms with Crippen molar-refractivity contribution in [3.63, 3.8) is 0 Å². The maximum absolute atomic E-state index is 12.0. The fourth-order valence-corrected chi connectivity index (χ4v) is 2.66. The van der Waals surface area contributed by atoms with Gasteiger partial charge in [0, 0.05) is 0 Å². The normalized spacial score (nSPS) is 10.3. The average Bonchev–Trinajstić information content (AvgIpc) is 2.66. The van der Waals surface area contributed by atoms with Crippen LogP contribution in [0.25, 0.3) is 0 Å². The molecule has 0 aromatic heterocycles. The molecule has 0 saturated heterocycles. The molecule has 0 aliphatic carbocycles. The summed E-state index contributed by atoms with van der Waals surface area (Å²) in [5.74, 6) is 1.38. The zero-order chi connectivity index (χ0) is 19.1. The third kappa shape index (κ3) is 5.89. The topological polar surface area (TPSA) is 44.8 Å². The minimum absolute atomic E-state index is 0.144. The van der Waals surface area contributed by atoms with E-state index < -0.39 is 5.97 Å². The number of rotatable bonds is 7. The Morgan fingerprint density at radius 3 is 2.04 bits per heavy atom. The van der Waals surface area contributed by atoms with Gasteiger partial charge in [-0.05, 0) is 66.9 Å². The minimum Gasteiger partial charge on any atom is -0.489 e. The van der Waals surface area contributed by atoms with Gasteiger partial charge in [0.05, 0.1) is 0 Å². The van der Waals surface area contributed by atoms with Crippen LogP contribution in [0.4, 0.5) is 0 Å². The molecule has 0 N–H and O–H groups in total. The average molecular weight is 362 g/mol. The molecule has 27 heavy (non-hydrogen) atoms. The number of aryl methyl sites for hydroxylation is 2. The summed E-state index contributed by atoms with van der Waals surface area (Å²) < 4.78 is 16.5. The smallest absolute Gasteiger partial charge is 0.349 e. The molecular formula is C23H22O4. The highest BCUT2D eigenvalue weighted by molar-refractivity contribution is 5.74. The first-order chi connectivity index (χ1) is 13.1. The van der Waals surface area contributed by atoms with Gasteiger partial charge in [0.1, 0.15) is 23.9 Å². The van der Waals surface area contributed by atoms with Gasteiger partial charge in [0.25, 0.3) is 0 Å². The molecular weight excluding hydrogens is 340 g/mol. The van der Waals surface area contributed by atoms with E-state index in [1.54, 1.807) is 24.3 Å². The van der Waals surface area contributed by atoms with E-state index in [2.05, 4.69) is 0 Å². The summed E-state index contributed by atoms with van der Waals surface area (Å²) in [5.41, 5.74) is 3.27. The summed E-state index contributed by atoms with van der Waals surface area (Å²) in [6.07, 6.45) is 0. The number of carbonyl (C=O) groups is 1. The molecule has 0 unspecified atom stereocenters. The van der Waals surface area contributed by atoms with Crippen molar-refractivity contribution in [1.82, 2.24) is 0 Å². The summed E-state index contributed by atoms with van der Waals surface area (Å²) in [7, 11) is 0.